The van der Waals surface area contributed by atoms with Crippen LogP contribution in [0.25, 0.3) is 4.85 Å². The maximum atomic E-state index is 14.1. The van der Waals surface area contributed by atoms with E-state index in [2.05, 4.69) is 19.6 Å². The zero-order valence-corrected chi connectivity index (χ0v) is 30.8. The zero-order valence-electron chi connectivity index (χ0n) is 31.9. The van der Waals surface area contributed by atoms with E-state index in [4.69, 9.17) is 37.3 Å². The molecule has 2 aliphatic heterocycles. The second-order valence-electron chi connectivity index (χ2n) is 11.9. The molecular weight excluding hydrogens is 830 g/mol. The largest absolute Gasteiger partial charge is 0.573 e. The van der Waals surface area contributed by atoms with E-state index in [1.54, 1.807) is 6.66 Å². The van der Waals surface area contributed by atoms with Gasteiger partial charge < -0.3 is 42.5 Å². The molecule has 1 aromatic carbocycles. The van der Waals surface area contributed by atoms with Gasteiger partial charge in [-0.25, -0.2) is 16.3 Å². The van der Waals surface area contributed by atoms with Crippen LogP contribution in [0.4, 0.5) is 51.0 Å². The molecule has 4 rings (SSSR count). The van der Waals surface area contributed by atoms with Crippen molar-refractivity contribution in [3.63, 3.8) is 0 Å². The lowest BCUT2D eigenvalue weighted by Crippen LogP contribution is -2.42. The van der Waals surface area contributed by atoms with Gasteiger partial charge in [-0.05, 0) is 25.0 Å². The predicted molar refractivity (Wildman–Crippen MR) is 182 cm³/mol. The molecule has 1 saturated heterocycles. The summed E-state index contributed by atoms with van der Waals surface area (Å²) in [5, 5.41) is 0. The smallest absolute Gasteiger partial charge is 0.491 e. The van der Waals surface area contributed by atoms with E-state index >= 15 is 0 Å². The first-order chi connectivity index (χ1) is 28.1. The molecule has 0 radical (unpaired) electrons. The molecule has 0 bridgehead atoms. The molecule has 16 nitrogen and oxygen atoms in total. The molecule has 1 fully saturated rings. The molecule has 58 heavy (non-hydrogen) atoms. The molecule has 1 aromatic heterocycles. The van der Waals surface area contributed by atoms with E-state index in [0.717, 1.165) is 22.9 Å². The fourth-order valence-electron chi connectivity index (χ4n) is 5.45. The lowest BCUT2D eigenvalue weighted by molar-refractivity contribution is -0.280. The Morgan fingerprint density at radius 1 is 1.16 bits per heavy atom. The van der Waals surface area contributed by atoms with Gasteiger partial charge in [-0.1, -0.05) is 6.07 Å². The number of aromatic nitrogens is 2. The maximum Gasteiger partial charge on any atom is 0.573 e. The highest BCUT2D eigenvalue weighted by Gasteiger charge is 2.49. The van der Waals surface area contributed by atoms with Gasteiger partial charge in [0.1, 0.15) is 30.4 Å². The van der Waals surface area contributed by atoms with Crippen LogP contribution in [0.2, 0.25) is 0 Å². The molecule has 0 spiro atoms. The minimum Gasteiger partial charge on any atom is -0.491 e. The van der Waals surface area contributed by atoms with Crippen molar-refractivity contribution in [2.45, 2.75) is 56.4 Å². The summed E-state index contributed by atoms with van der Waals surface area (Å²) in [6, 6.07) is 3.47. The molecule has 0 aliphatic carbocycles. The first-order valence-electron chi connectivity index (χ1n) is 17.8. The van der Waals surface area contributed by atoms with Crippen LogP contribution in [0.5, 0.6) is 17.2 Å². The molecular formula is C32H34F9N6O10P. The van der Waals surface area contributed by atoms with Gasteiger partial charge in [-0.2, -0.15) is 31.3 Å². The van der Waals surface area contributed by atoms with Gasteiger partial charge in [0.05, 0.1) is 28.3 Å². The number of benzene rings is 1. The average molecular weight is 868 g/mol. The molecule has 26 heteroatoms. The van der Waals surface area contributed by atoms with Gasteiger partial charge in [-0.15, -0.1) is 13.2 Å². The topological polar surface area (TPSA) is 157 Å². The zero-order chi connectivity index (χ0) is 44.4. The van der Waals surface area contributed by atoms with Gasteiger partial charge >= 0.3 is 36.2 Å². The molecule has 0 N–H and O–H groups in total. The van der Waals surface area contributed by atoms with Crippen LogP contribution in [0.3, 0.4) is 0 Å². The Morgan fingerprint density at radius 2 is 1.90 bits per heavy atom. The lowest BCUT2D eigenvalue weighted by atomic mass is 10.2. The number of alkyl halides is 9. The minimum absolute atomic E-state index is 0.0171. The summed E-state index contributed by atoms with van der Waals surface area (Å²) < 4.78 is 171. The van der Waals surface area contributed by atoms with Crippen molar-refractivity contribution in [2.24, 2.45) is 4.99 Å². The molecule has 5 atom stereocenters. The van der Waals surface area contributed by atoms with E-state index in [-0.39, 0.29) is 50.3 Å². The highest BCUT2D eigenvalue weighted by molar-refractivity contribution is 7.46. The fraction of sp³-hybridized carbons (Fsp3) is 0.562. The highest BCUT2D eigenvalue weighted by atomic mass is 31.2. The number of ether oxygens (including phenoxy) is 5. The molecule has 2 aromatic rings. The summed E-state index contributed by atoms with van der Waals surface area (Å²) >= 11 is 0. The van der Waals surface area contributed by atoms with E-state index in [0.29, 0.717) is 4.90 Å². The Balaban J connectivity index is 1.56. The van der Waals surface area contributed by atoms with E-state index in [9.17, 15) is 53.9 Å². The second kappa shape index (κ2) is 19.8. The Kier molecular flexibility index (Phi) is 14.6. The number of nitrogens with zero attached hydrogens (tertiary/aromatic N) is 6. The van der Waals surface area contributed by atoms with Crippen molar-refractivity contribution in [2.75, 3.05) is 64.6 Å². The van der Waals surface area contributed by atoms with E-state index in [1.165, 1.54) is 6.07 Å². The number of para-hydroxylation sites is 1. The predicted octanol–water partition coefficient (Wildman–Crippen LogP) is 5.89. The van der Waals surface area contributed by atoms with Crippen molar-refractivity contribution < 1.29 is 84.6 Å². The maximum absolute atomic E-state index is 14.1. The third kappa shape index (κ3) is 12.4. The lowest BCUT2D eigenvalue weighted by Gasteiger charge is -2.32. The average Bonchev–Trinajstić information content (AvgIpc) is 3.55. The molecule has 2 amide bonds. The van der Waals surface area contributed by atoms with Crippen LogP contribution in [-0.4, -0.2) is 123 Å². The quantitative estimate of drug-likeness (QED) is 0.0440. The Morgan fingerprint density at radius 3 is 2.57 bits per heavy atom. The molecule has 2 unspecified atom stereocenters. The fourth-order valence-corrected chi connectivity index (χ4v) is 6.45. The summed E-state index contributed by atoms with van der Waals surface area (Å²) in [5.41, 5.74) is -1.92. The standard InChI is InChI=1S/C32H34F9N6O10P/c1-42-10-14-54-58(3)57-21-15-24(56-23(21)17-51-2)46-16-22-26(44-29(46)50)47(28(49)31(36,37)38)25-19(7-4-8-20(25)55-22)52-13-6-12-45(27(48)30(33,34)35)11-5-9-43-18-53-32(39,40)41/h4,7-8,16,18,21,23-24H,5-6,9-15,17H2,2-3H3/t21-,23-,24-,58?/m1/s1/i2TD/t2?,21-,23-,24-,58?. The van der Waals surface area contributed by atoms with Crippen LogP contribution in [0, 0.1) is 6.57 Å². The van der Waals surface area contributed by atoms with Gasteiger partial charge in [0.2, 0.25) is 6.54 Å². The van der Waals surface area contributed by atoms with Gasteiger partial charge in [0.25, 0.3) is 0 Å². The number of halogens is 9. The number of anilines is 2. The SMILES string of the molecule is [2H]C([3H])OC[C@H]1O[C@@H](n2cc3c(nc2=O)N(C(=O)C(F)(F)F)c2c(OCCCN(CCCN=COC(F)(F)F)C(=O)C(F)(F)F)cccc2O3)C[C@H]1OP(C)OCC[N+]#[C-]. The first kappa shape index (κ1) is 42.8. The van der Waals surface area contributed by atoms with Gasteiger partial charge in [0.15, 0.2) is 32.1 Å². The Labute approximate surface area is 326 Å². The van der Waals surface area contributed by atoms with Gasteiger partial charge in [-0.3, -0.25) is 19.1 Å². The summed E-state index contributed by atoms with van der Waals surface area (Å²) in [6.45, 7) is 5.93. The molecule has 320 valence electrons. The normalized spacial score (nSPS) is 19.6. The van der Waals surface area contributed by atoms with E-state index in [1.807, 2.05) is 0 Å². The highest BCUT2D eigenvalue weighted by Crippen LogP contribution is 2.51. The number of amides is 2. The summed E-state index contributed by atoms with van der Waals surface area (Å²) in [6.07, 6.45) is -18.9. The monoisotopic (exact) mass is 867 g/mol. The Bertz CT molecular complexity index is 1940. The number of carbonyl (C=O) groups excluding carboxylic acids is 2. The van der Waals surface area contributed by atoms with Gasteiger partial charge in [0, 0.05) is 39.8 Å². The first-order valence-corrected chi connectivity index (χ1v) is 18.3. The van der Waals surface area contributed by atoms with Crippen molar-refractivity contribution in [1.82, 2.24) is 14.5 Å². The molecule has 3 heterocycles. The number of fused-ring (bicyclic) bond motifs is 2. The number of carbonyl (C=O) groups is 2. The summed E-state index contributed by atoms with van der Waals surface area (Å²) in [7, 11) is -3.32. The third-order valence-corrected chi connectivity index (χ3v) is 8.92. The summed E-state index contributed by atoms with van der Waals surface area (Å²) in [5.74, 6) is -7.19. The molecule has 2 aliphatic rings. The van der Waals surface area contributed by atoms with Crippen LogP contribution in [0.1, 0.15) is 28.2 Å². The number of methoxy groups -OCH3 is 1. The van der Waals surface area contributed by atoms with Crippen LogP contribution in [0.15, 0.2) is 34.2 Å². The molecule has 0 saturated carbocycles. The van der Waals surface area contributed by atoms with Crippen molar-refractivity contribution in [3.8, 4) is 17.2 Å². The number of hydrogen-bond donors (Lipinski definition) is 0. The number of rotatable bonds is 18. The van der Waals surface area contributed by atoms with Crippen molar-refractivity contribution >= 4 is 38.1 Å². The summed E-state index contributed by atoms with van der Waals surface area (Å²) in [4.78, 5) is 48.9. The van der Waals surface area contributed by atoms with Crippen LogP contribution >= 0.6 is 8.38 Å². The Hall–Kier alpha value is -4.76. The van der Waals surface area contributed by atoms with Crippen LogP contribution < -0.4 is 20.1 Å². The van der Waals surface area contributed by atoms with Crippen LogP contribution in [-0.2, 0) is 32.8 Å². The van der Waals surface area contributed by atoms with E-state index < -0.39 is 125 Å². The number of aliphatic imine (C=N–C) groups is 1. The number of hydrogen-bond acceptors (Lipinski definition) is 12. The third-order valence-electron chi connectivity index (χ3n) is 7.81. The van der Waals surface area contributed by atoms with Crippen molar-refractivity contribution in [3.05, 3.63) is 46.3 Å². The second-order valence-corrected chi connectivity index (χ2v) is 13.2. The van der Waals surface area contributed by atoms with Crippen molar-refractivity contribution in [1.29, 1.82) is 0 Å². The minimum atomic E-state index is -5.58.